The van der Waals surface area contributed by atoms with Crippen molar-refractivity contribution >= 4 is 11.6 Å². The summed E-state index contributed by atoms with van der Waals surface area (Å²) in [6.07, 6.45) is 10.2. The summed E-state index contributed by atoms with van der Waals surface area (Å²) in [5, 5.41) is 6.89. The number of ketones is 2. The van der Waals surface area contributed by atoms with Gasteiger partial charge in [-0.05, 0) is 59.3 Å². The number of carbonyl (C=O) groups excluding carboxylic acids is 2. The Balaban J connectivity index is 4.39. The molecule has 0 saturated heterocycles. The summed E-state index contributed by atoms with van der Waals surface area (Å²) < 4.78 is 0. The van der Waals surface area contributed by atoms with E-state index in [1.54, 1.807) is 0 Å². The molecule has 2 N–H and O–H groups in total. The number of nitrogens with one attached hydrogen (secondary N) is 2. The van der Waals surface area contributed by atoms with Crippen molar-refractivity contribution in [1.29, 1.82) is 0 Å². The van der Waals surface area contributed by atoms with Crippen molar-refractivity contribution in [2.75, 3.05) is 0 Å². The molecule has 2 unspecified atom stereocenters. The maximum Gasteiger partial charge on any atom is 0.155 e. The molecule has 0 saturated carbocycles. The Morgan fingerprint density at radius 1 is 0.828 bits per heavy atom. The molecule has 4 heteroatoms. The third-order valence-electron chi connectivity index (χ3n) is 5.20. The van der Waals surface area contributed by atoms with Crippen molar-refractivity contribution in [2.45, 2.75) is 125 Å². The molecule has 2 atom stereocenters. The Labute approximate surface area is 180 Å². The molecule has 0 aliphatic rings. The Bertz CT molecular complexity index is 509. The summed E-state index contributed by atoms with van der Waals surface area (Å²) in [4.78, 5) is 25.0. The SMILES string of the molecule is CC(C)NC(CCC/C=C/CCCC(C)(NC(C)C)C(=O)C(C)C)C(=O)C(C)C. The van der Waals surface area contributed by atoms with Crippen LogP contribution in [0, 0.1) is 11.8 Å². The highest BCUT2D eigenvalue weighted by Crippen LogP contribution is 2.21. The third-order valence-corrected chi connectivity index (χ3v) is 5.20. The van der Waals surface area contributed by atoms with E-state index in [2.05, 4.69) is 50.5 Å². The fraction of sp³-hybridized carbons (Fsp3) is 0.840. The molecular formula is C25H48N2O2. The highest BCUT2D eigenvalue weighted by atomic mass is 16.1. The highest BCUT2D eigenvalue weighted by molar-refractivity contribution is 5.89. The summed E-state index contributed by atoms with van der Waals surface area (Å²) in [6.45, 7) is 18.3. The van der Waals surface area contributed by atoms with Crippen LogP contribution in [0.2, 0.25) is 0 Å². The van der Waals surface area contributed by atoms with E-state index in [0.29, 0.717) is 23.7 Å². The number of unbranched alkanes of at least 4 members (excludes halogenated alkanes) is 2. The first-order valence-electron chi connectivity index (χ1n) is 11.7. The van der Waals surface area contributed by atoms with Crippen LogP contribution in [0.5, 0.6) is 0 Å². The Morgan fingerprint density at radius 2 is 1.38 bits per heavy atom. The standard InChI is InChI=1S/C25H48N2O2/c1-18(2)23(28)22(26-20(5)6)16-14-12-10-11-13-15-17-25(9,27-21(7)8)24(29)19(3)4/h10-11,18-22,26-27H,12-17H2,1-9H3/b11-10+. The van der Waals surface area contributed by atoms with Gasteiger partial charge in [0.1, 0.15) is 0 Å². The van der Waals surface area contributed by atoms with Crippen molar-refractivity contribution in [1.82, 2.24) is 10.6 Å². The molecular weight excluding hydrogens is 360 g/mol. The molecule has 0 rings (SSSR count). The van der Waals surface area contributed by atoms with Crippen LogP contribution in [0.3, 0.4) is 0 Å². The molecule has 0 aliphatic heterocycles. The molecule has 0 heterocycles. The normalized spacial score (nSPS) is 15.6. The Kier molecular flexibility index (Phi) is 13.6. The largest absolute Gasteiger partial charge is 0.305 e. The minimum Gasteiger partial charge on any atom is -0.305 e. The van der Waals surface area contributed by atoms with Crippen LogP contribution < -0.4 is 10.6 Å². The van der Waals surface area contributed by atoms with Gasteiger partial charge in [-0.25, -0.2) is 0 Å². The average Bonchev–Trinajstić information content (AvgIpc) is 2.60. The summed E-state index contributed by atoms with van der Waals surface area (Å²) in [7, 11) is 0. The minimum atomic E-state index is -0.441. The van der Waals surface area contributed by atoms with Gasteiger partial charge in [0.05, 0.1) is 11.6 Å². The van der Waals surface area contributed by atoms with Crippen LogP contribution in [0.1, 0.15) is 101 Å². The number of Topliss-reactive ketones (excluding diaryl/α,β-unsaturated/α-hetero) is 2. The third kappa shape index (κ3) is 11.7. The van der Waals surface area contributed by atoms with Gasteiger partial charge in [-0.2, -0.15) is 0 Å². The number of hydrogen-bond acceptors (Lipinski definition) is 4. The fourth-order valence-electron chi connectivity index (χ4n) is 3.90. The summed E-state index contributed by atoms with van der Waals surface area (Å²) >= 11 is 0. The van der Waals surface area contributed by atoms with Crippen molar-refractivity contribution in [3.63, 3.8) is 0 Å². The van der Waals surface area contributed by atoms with E-state index >= 15 is 0 Å². The van der Waals surface area contributed by atoms with Crippen LogP contribution in [0.15, 0.2) is 12.2 Å². The lowest BCUT2D eigenvalue weighted by Gasteiger charge is -2.33. The maximum atomic E-state index is 12.6. The van der Waals surface area contributed by atoms with E-state index in [1.165, 1.54) is 0 Å². The molecule has 0 spiro atoms. The summed E-state index contributed by atoms with van der Waals surface area (Å²) in [6, 6.07) is 0.577. The molecule has 0 bridgehead atoms. The lowest BCUT2D eigenvalue weighted by molar-refractivity contribution is -0.128. The predicted molar refractivity (Wildman–Crippen MR) is 125 cm³/mol. The number of allylic oxidation sites excluding steroid dienone is 2. The van der Waals surface area contributed by atoms with Crippen molar-refractivity contribution < 1.29 is 9.59 Å². The van der Waals surface area contributed by atoms with Gasteiger partial charge in [-0.15, -0.1) is 0 Å². The highest BCUT2D eigenvalue weighted by Gasteiger charge is 2.34. The molecule has 29 heavy (non-hydrogen) atoms. The summed E-state index contributed by atoms with van der Waals surface area (Å²) in [5.41, 5.74) is -0.441. The molecule has 0 aromatic heterocycles. The predicted octanol–water partition coefficient (Wildman–Crippen LogP) is 5.46. The smallest absolute Gasteiger partial charge is 0.155 e. The monoisotopic (exact) mass is 408 g/mol. The van der Waals surface area contributed by atoms with Gasteiger partial charge in [-0.1, -0.05) is 53.7 Å². The van der Waals surface area contributed by atoms with Crippen molar-refractivity contribution in [3.05, 3.63) is 12.2 Å². The van der Waals surface area contributed by atoms with Crippen LogP contribution in [0.4, 0.5) is 0 Å². The average molecular weight is 409 g/mol. The van der Waals surface area contributed by atoms with Gasteiger partial charge < -0.3 is 10.6 Å². The molecule has 170 valence electrons. The molecule has 0 aliphatic carbocycles. The van der Waals surface area contributed by atoms with Gasteiger partial charge in [0, 0.05) is 23.9 Å². The first-order valence-corrected chi connectivity index (χ1v) is 11.7. The molecule has 0 amide bonds. The van der Waals surface area contributed by atoms with Gasteiger partial charge >= 0.3 is 0 Å². The van der Waals surface area contributed by atoms with E-state index in [0.717, 1.165) is 38.5 Å². The molecule has 0 aromatic carbocycles. The van der Waals surface area contributed by atoms with E-state index in [1.807, 2.05) is 34.6 Å². The van der Waals surface area contributed by atoms with Gasteiger partial charge in [0.15, 0.2) is 11.6 Å². The molecule has 0 fully saturated rings. The number of rotatable bonds is 16. The molecule has 0 aromatic rings. The van der Waals surface area contributed by atoms with Crippen LogP contribution in [-0.2, 0) is 9.59 Å². The first kappa shape index (κ1) is 28.0. The van der Waals surface area contributed by atoms with E-state index in [-0.39, 0.29) is 17.9 Å². The van der Waals surface area contributed by atoms with E-state index < -0.39 is 5.54 Å². The number of hydrogen-bond donors (Lipinski definition) is 2. The van der Waals surface area contributed by atoms with Crippen LogP contribution >= 0.6 is 0 Å². The fourth-order valence-corrected chi connectivity index (χ4v) is 3.90. The lowest BCUT2D eigenvalue weighted by atomic mass is 9.84. The zero-order valence-electron chi connectivity index (χ0n) is 20.6. The summed E-state index contributed by atoms with van der Waals surface area (Å²) in [5.74, 6) is 0.731. The van der Waals surface area contributed by atoms with Crippen LogP contribution in [-0.4, -0.2) is 35.2 Å². The second-order valence-corrected chi connectivity index (χ2v) is 9.88. The zero-order valence-corrected chi connectivity index (χ0v) is 20.6. The second kappa shape index (κ2) is 14.1. The lowest BCUT2D eigenvalue weighted by Crippen LogP contribution is -2.53. The van der Waals surface area contributed by atoms with Gasteiger partial charge in [0.25, 0.3) is 0 Å². The van der Waals surface area contributed by atoms with E-state index in [9.17, 15) is 9.59 Å². The van der Waals surface area contributed by atoms with Crippen molar-refractivity contribution in [2.24, 2.45) is 11.8 Å². The van der Waals surface area contributed by atoms with Gasteiger partial charge in [-0.3, -0.25) is 9.59 Å². The topological polar surface area (TPSA) is 58.2 Å². The first-order chi connectivity index (χ1) is 13.4. The van der Waals surface area contributed by atoms with Crippen molar-refractivity contribution in [3.8, 4) is 0 Å². The minimum absolute atomic E-state index is 0.0340. The van der Waals surface area contributed by atoms with Crippen LogP contribution in [0.25, 0.3) is 0 Å². The molecule has 4 nitrogen and oxygen atoms in total. The van der Waals surface area contributed by atoms with E-state index in [4.69, 9.17) is 0 Å². The zero-order chi connectivity index (χ0) is 22.6. The Hall–Kier alpha value is -1.00. The Morgan fingerprint density at radius 3 is 1.83 bits per heavy atom. The second-order valence-electron chi connectivity index (χ2n) is 9.88. The maximum absolute atomic E-state index is 12.6. The molecule has 0 radical (unpaired) electrons. The van der Waals surface area contributed by atoms with Gasteiger partial charge in [0.2, 0.25) is 0 Å². The quantitative estimate of drug-likeness (QED) is 0.263. The number of carbonyl (C=O) groups is 2.